The summed E-state index contributed by atoms with van der Waals surface area (Å²) >= 11 is 1.60. The Balaban J connectivity index is 1.76. The molecule has 0 unspecified atom stereocenters. The van der Waals surface area contributed by atoms with Crippen molar-refractivity contribution in [3.8, 4) is 0 Å². The minimum atomic E-state index is -0.0416. The molecule has 0 radical (unpaired) electrons. The molecule has 4 heteroatoms. The summed E-state index contributed by atoms with van der Waals surface area (Å²) in [5.74, 6) is 1.60. The first kappa shape index (κ1) is 8.81. The zero-order valence-corrected chi connectivity index (χ0v) is 8.14. The molecule has 0 bridgehead atoms. The molecule has 1 amide bonds. The summed E-state index contributed by atoms with van der Waals surface area (Å²) in [4.78, 5) is 15.4. The van der Waals surface area contributed by atoms with Gasteiger partial charge in [-0.15, -0.1) is 0 Å². The fraction of sp³-hybridized carbons (Fsp3) is 0.556. The number of aliphatic imine (C=N–C) groups is 1. The fourth-order valence-electron chi connectivity index (χ4n) is 1.07. The van der Waals surface area contributed by atoms with Crippen molar-refractivity contribution in [1.29, 1.82) is 0 Å². The Labute approximate surface area is 81.7 Å². The Morgan fingerprint density at radius 1 is 1.62 bits per heavy atom. The number of amidine groups is 1. The van der Waals surface area contributed by atoms with Crippen LogP contribution in [0.5, 0.6) is 0 Å². The highest BCUT2D eigenvalue weighted by Gasteiger charge is 2.17. The van der Waals surface area contributed by atoms with E-state index in [1.807, 2.05) is 6.08 Å². The lowest BCUT2D eigenvalue weighted by molar-refractivity contribution is -0.115. The van der Waals surface area contributed by atoms with Gasteiger partial charge in [-0.2, -0.15) is 0 Å². The Kier molecular flexibility index (Phi) is 2.68. The minimum absolute atomic E-state index is 0.0416. The smallest absolute Gasteiger partial charge is 0.249 e. The number of allylic oxidation sites excluding steroid dienone is 1. The van der Waals surface area contributed by atoms with Gasteiger partial charge >= 0.3 is 0 Å². The molecule has 0 saturated heterocycles. The van der Waals surface area contributed by atoms with Gasteiger partial charge in [-0.05, 0) is 24.8 Å². The third-order valence-electron chi connectivity index (χ3n) is 1.96. The van der Waals surface area contributed by atoms with Crippen LogP contribution in [0.15, 0.2) is 17.1 Å². The molecule has 0 aromatic rings. The maximum absolute atomic E-state index is 11.2. The standard InChI is InChI=1S/C9H12N2OS/c12-8(4-3-7-1-2-7)11-9-10-5-6-13-9/h3-4,7H,1-2,5-6H2,(H,10,11,12)/b4-3+. The van der Waals surface area contributed by atoms with Crippen molar-refractivity contribution in [3.63, 3.8) is 0 Å². The molecule has 1 saturated carbocycles. The average Bonchev–Trinajstić information content (AvgIpc) is 2.82. The zero-order chi connectivity index (χ0) is 9.10. The molecule has 1 aliphatic heterocycles. The van der Waals surface area contributed by atoms with Crippen molar-refractivity contribution in [3.05, 3.63) is 12.2 Å². The van der Waals surface area contributed by atoms with E-state index in [4.69, 9.17) is 0 Å². The first-order chi connectivity index (χ1) is 6.34. The summed E-state index contributed by atoms with van der Waals surface area (Å²) in [6.07, 6.45) is 6.08. The molecule has 1 heterocycles. The number of rotatable bonds is 2. The van der Waals surface area contributed by atoms with Gasteiger partial charge in [-0.3, -0.25) is 9.79 Å². The largest absolute Gasteiger partial charge is 0.302 e. The van der Waals surface area contributed by atoms with Crippen molar-refractivity contribution >= 4 is 22.8 Å². The zero-order valence-electron chi connectivity index (χ0n) is 7.32. The van der Waals surface area contributed by atoms with E-state index in [9.17, 15) is 4.79 Å². The van der Waals surface area contributed by atoms with E-state index in [0.717, 1.165) is 17.5 Å². The fourth-order valence-corrected chi connectivity index (χ4v) is 1.80. The summed E-state index contributed by atoms with van der Waals surface area (Å²) in [5.41, 5.74) is 0. The Morgan fingerprint density at radius 2 is 2.46 bits per heavy atom. The van der Waals surface area contributed by atoms with E-state index in [0.29, 0.717) is 5.92 Å². The lowest BCUT2D eigenvalue weighted by atomic mass is 10.3. The van der Waals surface area contributed by atoms with Gasteiger partial charge in [0.25, 0.3) is 0 Å². The third-order valence-corrected chi connectivity index (χ3v) is 2.85. The molecular formula is C9H12N2OS. The highest BCUT2D eigenvalue weighted by Crippen LogP contribution is 2.29. The second-order valence-electron chi connectivity index (χ2n) is 3.22. The lowest BCUT2D eigenvalue weighted by Crippen LogP contribution is -2.25. The Bertz CT molecular complexity index is 269. The highest BCUT2D eigenvalue weighted by atomic mass is 32.2. The molecule has 3 nitrogen and oxygen atoms in total. The van der Waals surface area contributed by atoms with E-state index < -0.39 is 0 Å². The molecule has 70 valence electrons. The average molecular weight is 196 g/mol. The van der Waals surface area contributed by atoms with Crippen molar-refractivity contribution in [2.24, 2.45) is 10.9 Å². The molecule has 1 aliphatic carbocycles. The van der Waals surface area contributed by atoms with Crippen molar-refractivity contribution in [2.75, 3.05) is 12.3 Å². The van der Waals surface area contributed by atoms with E-state index in [-0.39, 0.29) is 5.91 Å². The molecule has 0 aromatic heterocycles. The van der Waals surface area contributed by atoms with Crippen LogP contribution in [0, 0.1) is 5.92 Å². The maximum atomic E-state index is 11.2. The van der Waals surface area contributed by atoms with Crippen LogP contribution in [-0.4, -0.2) is 23.4 Å². The van der Waals surface area contributed by atoms with Crippen LogP contribution in [0.1, 0.15) is 12.8 Å². The SMILES string of the molecule is O=C(/C=C/C1CC1)NC1=NCCS1. The third kappa shape index (κ3) is 2.88. The predicted octanol–water partition coefficient (Wildman–Crippen LogP) is 1.17. The van der Waals surface area contributed by atoms with E-state index in [1.165, 1.54) is 12.8 Å². The number of nitrogens with zero attached hydrogens (tertiary/aromatic N) is 1. The van der Waals surface area contributed by atoms with Crippen LogP contribution in [0.3, 0.4) is 0 Å². The summed E-state index contributed by atoms with van der Waals surface area (Å²) in [6.45, 7) is 0.826. The van der Waals surface area contributed by atoms with Gasteiger partial charge in [0.05, 0.1) is 6.54 Å². The lowest BCUT2D eigenvalue weighted by Gasteiger charge is -1.97. The summed E-state index contributed by atoms with van der Waals surface area (Å²) in [7, 11) is 0. The first-order valence-electron chi connectivity index (χ1n) is 4.51. The van der Waals surface area contributed by atoms with Gasteiger partial charge in [-0.1, -0.05) is 17.8 Å². The van der Waals surface area contributed by atoms with Crippen molar-refractivity contribution < 1.29 is 4.79 Å². The number of thioether (sulfide) groups is 1. The van der Waals surface area contributed by atoms with E-state index >= 15 is 0 Å². The van der Waals surface area contributed by atoms with Crippen LogP contribution < -0.4 is 5.32 Å². The van der Waals surface area contributed by atoms with E-state index in [1.54, 1.807) is 17.8 Å². The second-order valence-corrected chi connectivity index (χ2v) is 4.30. The first-order valence-corrected chi connectivity index (χ1v) is 5.49. The normalized spacial score (nSPS) is 22.0. The van der Waals surface area contributed by atoms with Crippen LogP contribution in [0.4, 0.5) is 0 Å². The van der Waals surface area contributed by atoms with Crippen molar-refractivity contribution in [1.82, 2.24) is 5.32 Å². The molecule has 13 heavy (non-hydrogen) atoms. The number of nitrogens with one attached hydrogen (secondary N) is 1. The summed E-state index contributed by atoms with van der Waals surface area (Å²) in [5, 5.41) is 3.52. The van der Waals surface area contributed by atoms with Crippen LogP contribution >= 0.6 is 11.8 Å². The maximum Gasteiger partial charge on any atom is 0.249 e. The number of hydrogen-bond donors (Lipinski definition) is 1. The molecule has 0 aromatic carbocycles. The Hall–Kier alpha value is -0.770. The molecule has 0 atom stereocenters. The van der Waals surface area contributed by atoms with Gasteiger partial charge in [0, 0.05) is 5.75 Å². The van der Waals surface area contributed by atoms with E-state index in [2.05, 4.69) is 10.3 Å². The number of carbonyl (C=O) groups is 1. The molecule has 1 N–H and O–H groups in total. The van der Waals surface area contributed by atoms with Crippen LogP contribution in [-0.2, 0) is 4.79 Å². The van der Waals surface area contributed by atoms with Gasteiger partial charge in [-0.25, -0.2) is 0 Å². The highest BCUT2D eigenvalue weighted by molar-refractivity contribution is 8.14. The van der Waals surface area contributed by atoms with Gasteiger partial charge in [0.1, 0.15) is 0 Å². The molecule has 2 rings (SSSR count). The second kappa shape index (κ2) is 3.96. The predicted molar refractivity (Wildman–Crippen MR) is 54.8 cm³/mol. The van der Waals surface area contributed by atoms with Crippen LogP contribution in [0.2, 0.25) is 0 Å². The topological polar surface area (TPSA) is 41.5 Å². The summed E-state index contributed by atoms with van der Waals surface area (Å²) in [6, 6.07) is 0. The molecule has 0 spiro atoms. The number of hydrogen-bond acceptors (Lipinski definition) is 3. The van der Waals surface area contributed by atoms with Gasteiger partial charge in [0.15, 0.2) is 5.17 Å². The van der Waals surface area contributed by atoms with Crippen LogP contribution in [0.25, 0.3) is 0 Å². The Morgan fingerprint density at radius 3 is 3.08 bits per heavy atom. The van der Waals surface area contributed by atoms with Gasteiger partial charge < -0.3 is 5.32 Å². The number of carbonyl (C=O) groups excluding carboxylic acids is 1. The summed E-state index contributed by atoms with van der Waals surface area (Å²) < 4.78 is 0. The monoisotopic (exact) mass is 196 g/mol. The van der Waals surface area contributed by atoms with Crippen molar-refractivity contribution in [2.45, 2.75) is 12.8 Å². The molecular weight excluding hydrogens is 184 g/mol. The molecule has 2 aliphatic rings. The quantitative estimate of drug-likeness (QED) is 0.674. The number of amides is 1. The molecule has 1 fully saturated rings. The minimum Gasteiger partial charge on any atom is -0.302 e. The van der Waals surface area contributed by atoms with Gasteiger partial charge in [0.2, 0.25) is 5.91 Å².